The molecule has 0 aliphatic carbocycles. The topological polar surface area (TPSA) is 73.8 Å². The highest BCUT2D eigenvalue weighted by Gasteiger charge is 2.14. The first kappa shape index (κ1) is 13.5. The first-order valence-electron chi connectivity index (χ1n) is 5.84. The Balaban J connectivity index is 2.39. The maximum atomic E-state index is 10.9. The summed E-state index contributed by atoms with van der Waals surface area (Å²) in [5.41, 5.74) is 1.92. The Labute approximate surface area is 115 Å². The summed E-state index contributed by atoms with van der Waals surface area (Å²) in [6.45, 7) is 3.65. The monoisotopic (exact) mass is 280 g/mol. The number of hydrogen-bond acceptors (Lipinski definition) is 4. The van der Waals surface area contributed by atoms with Crippen molar-refractivity contribution in [3.63, 3.8) is 0 Å². The average molecular weight is 281 g/mol. The summed E-state index contributed by atoms with van der Waals surface area (Å²) in [7, 11) is 0. The van der Waals surface area contributed by atoms with Gasteiger partial charge in [-0.1, -0.05) is 18.2 Å². The van der Waals surface area contributed by atoms with Crippen LogP contribution in [0.4, 0.5) is 5.69 Å². The molecule has 0 saturated heterocycles. The molecule has 0 aliphatic rings. The largest absolute Gasteiger partial charge is 0.274 e. The molecule has 0 radical (unpaired) electrons. The Kier molecular flexibility index (Phi) is 3.80. The fourth-order valence-electron chi connectivity index (χ4n) is 1.69. The minimum Gasteiger partial charge on any atom is -0.258 e. The van der Waals surface area contributed by atoms with E-state index in [1.54, 1.807) is 25.3 Å². The second-order valence-corrected chi connectivity index (χ2v) is 4.72. The molecule has 0 spiro atoms. The maximum absolute atomic E-state index is 10.9. The van der Waals surface area contributed by atoms with Gasteiger partial charge in [-0.05, 0) is 19.4 Å². The van der Waals surface area contributed by atoms with Gasteiger partial charge in [0.1, 0.15) is 5.69 Å². The molecule has 100 valence electrons. The van der Waals surface area contributed by atoms with Crippen LogP contribution in [0.25, 0.3) is 5.69 Å². The Morgan fingerprint density at radius 2 is 2.26 bits per heavy atom. The quantitative estimate of drug-likeness (QED) is 0.490. The van der Waals surface area contributed by atoms with Gasteiger partial charge >= 0.3 is 0 Å². The van der Waals surface area contributed by atoms with Crippen molar-refractivity contribution >= 4 is 17.3 Å². The molecule has 0 aliphatic heterocycles. The van der Waals surface area contributed by atoms with Crippen LogP contribution in [0, 0.1) is 17.0 Å². The van der Waals surface area contributed by atoms with Gasteiger partial charge < -0.3 is 0 Å². The molecule has 7 heteroatoms. The third-order valence-corrected chi connectivity index (χ3v) is 3.38. The zero-order valence-electron chi connectivity index (χ0n) is 10.6. The second kappa shape index (κ2) is 5.36. The van der Waals surface area contributed by atoms with E-state index in [4.69, 9.17) is 11.6 Å². The van der Waals surface area contributed by atoms with Crippen molar-refractivity contribution in [1.82, 2.24) is 15.0 Å². The molecule has 1 unspecified atom stereocenters. The highest BCUT2D eigenvalue weighted by molar-refractivity contribution is 6.20. The molecule has 2 rings (SSSR count). The van der Waals surface area contributed by atoms with E-state index in [2.05, 4.69) is 10.3 Å². The third-order valence-electron chi connectivity index (χ3n) is 2.84. The van der Waals surface area contributed by atoms with Gasteiger partial charge in [0.15, 0.2) is 0 Å². The van der Waals surface area contributed by atoms with Crippen molar-refractivity contribution in [2.75, 3.05) is 0 Å². The minimum atomic E-state index is -0.410. The molecule has 0 saturated carbocycles. The molecule has 2 aromatic rings. The Bertz CT molecular complexity index is 612. The van der Waals surface area contributed by atoms with E-state index in [9.17, 15) is 10.1 Å². The molecule has 6 nitrogen and oxygen atoms in total. The van der Waals surface area contributed by atoms with Gasteiger partial charge in [0.25, 0.3) is 5.69 Å². The molecule has 1 aromatic carbocycles. The summed E-state index contributed by atoms with van der Waals surface area (Å²) in [6.07, 6.45) is 2.43. The molecule has 1 heterocycles. The SMILES string of the molecule is CCC(Cl)c1cn(-c2ccc(C)c([N+](=O)[O-])c2)nn1. The zero-order valence-corrected chi connectivity index (χ0v) is 11.3. The van der Waals surface area contributed by atoms with Gasteiger partial charge in [-0.25, -0.2) is 4.68 Å². The van der Waals surface area contributed by atoms with Crippen molar-refractivity contribution in [3.8, 4) is 5.69 Å². The van der Waals surface area contributed by atoms with E-state index in [1.807, 2.05) is 6.92 Å². The lowest BCUT2D eigenvalue weighted by atomic mass is 10.2. The molecule has 1 aromatic heterocycles. The molecular weight excluding hydrogens is 268 g/mol. The number of aryl methyl sites for hydroxylation is 1. The van der Waals surface area contributed by atoms with Crippen LogP contribution in [-0.4, -0.2) is 19.9 Å². The summed E-state index contributed by atoms with van der Waals surface area (Å²) in [6, 6.07) is 4.92. The number of halogens is 1. The molecule has 0 fully saturated rings. The summed E-state index contributed by atoms with van der Waals surface area (Å²) < 4.78 is 1.49. The zero-order chi connectivity index (χ0) is 14.0. The summed E-state index contributed by atoms with van der Waals surface area (Å²) in [4.78, 5) is 10.5. The molecule has 1 atom stereocenters. The Morgan fingerprint density at radius 3 is 2.89 bits per heavy atom. The summed E-state index contributed by atoms with van der Waals surface area (Å²) in [5.74, 6) is 0. The van der Waals surface area contributed by atoms with Crippen LogP contribution in [0.3, 0.4) is 0 Å². The first-order chi connectivity index (χ1) is 9.02. The van der Waals surface area contributed by atoms with Gasteiger partial charge in [0.2, 0.25) is 0 Å². The van der Waals surface area contributed by atoms with Crippen molar-refractivity contribution in [1.29, 1.82) is 0 Å². The van der Waals surface area contributed by atoms with Crippen LogP contribution >= 0.6 is 11.6 Å². The second-order valence-electron chi connectivity index (χ2n) is 4.19. The van der Waals surface area contributed by atoms with Crippen molar-refractivity contribution in [3.05, 3.63) is 45.8 Å². The van der Waals surface area contributed by atoms with E-state index >= 15 is 0 Å². The maximum Gasteiger partial charge on any atom is 0.274 e. The van der Waals surface area contributed by atoms with Gasteiger partial charge in [-0.15, -0.1) is 16.7 Å². The molecular formula is C12H13ClN4O2. The lowest BCUT2D eigenvalue weighted by Gasteiger charge is -2.02. The summed E-state index contributed by atoms with van der Waals surface area (Å²) in [5, 5.41) is 18.6. The minimum absolute atomic E-state index is 0.0625. The van der Waals surface area contributed by atoms with Gasteiger partial charge in [-0.3, -0.25) is 10.1 Å². The normalized spacial score (nSPS) is 12.4. The van der Waals surface area contributed by atoms with Crippen molar-refractivity contribution < 1.29 is 4.92 Å². The van der Waals surface area contributed by atoms with Gasteiger partial charge in [0, 0.05) is 11.6 Å². The number of rotatable bonds is 4. The molecule has 0 amide bonds. The lowest BCUT2D eigenvalue weighted by Crippen LogP contribution is -1.98. The molecule has 19 heavy (non-hydrogen) atoms. The average Bonchev–Trinajstić information content (AvgIpc) is 2.87. The number of nitrogens with zero attached hydrogens (tertiary/aromatic N) is 4. The highest BCUT2D eigenvalue weighted by atomic mass is 35.5. The van der Waals surface area contributed by atoms with Crippen molar-refractivity contribution in [2.45, 2.75) is 25.6 Å². The predicted octanol–water partition coefficient (Wildman–Crippen LogP) is 3.17. The van der Waals surface area contributed by atoms with Gasteiger partial charge in [-0.2, -0.15) is 0 Å². The fourth-order valence-corrected chi connectivity index (χ4v) is 1.79. The molecule has 0 N–H and O–H groups in total. The Morgan fingerprint density at radius 1 is 1.53 bits per heavy atom. The third kappa shape index (κ3) is 2.73. The van der Waals surface area contributed by atoms with Crippen LogP contribution < -0.4 is 0 Å². The number of nitro benzene ring substituents is 1. The van der Waals surface area contributed by atoms with Crippen LogP contribution in [0.1, 0.15) is 30.0 Å². The van der Waals surface area contributed by atoms with E-state index in [0.29, 0.717) is 16.9 Å². The fraction of sp³-hybridized carbons (Fsp3) is 0.333. The highest BCUT2D eigenvalue weighted by Crippen LogP contribution is 2.24. The lowest BCUT2D eigenvalue weighted by molar-refractivity contribution is -0.385. The van der Waals surface area contributed by atoms with E-state index < -0.39 is 4.92 Å². The predicted molar refractivity (Wildman–Crippen MR) is 71.6 cm³/mol. The van der Waals surface area contributed by atoms with Crippen LogP contribution in [0.2, 0.25) is 0 Å². The van der Waals surface area contributed by atoms with Crippen LogP contribution in [0.5, 0.6) is 0 Å². The van der Waals surface area contributed by atoms with Crippen LogP contribution in [-0.2, 0) is 0 Å². The van der Waals surface area contributed by atoms with E-state index in [0.717, 1.165) is 6.42 Å². The van der Waals surface area contributed by atoms with Gasteiger partial charge in [0.05, 0.1) is 22.2 Å². The standard InChI is InChI=1S/C12H13ClN4O2/c1-3-10(13)11-7-16(15-14-11)9-5-4-8(2)12(6-9)17(18)19/h4-7,10H,3H2,1-2H3. The molecule has 0 bridgehead atoms. The first-order valence-corrected chi connectivity index (χ1v) is 6.28. The number of aromatic nitrogens is 3. The Hall–Kier alpha value is -1.95. The van der Waals surface area contributed by atoms with E-state index in [1.165, 1.54) is 10.7 Å². The number of nitro groups is 1. The number of hydrogen-bond donors (Lipinski definition) is 0. The number of benzene rings is 1. The van der Waals surface area contributed by atoms with E-state index in [-0.39, 0.29) is 11.1 Å². The summed E-state index contributed by atoms with van der Waals surface area (Å²) >= 11 is 6.07. The smallest absolute Gasteiger partial charge is 0.258 e. The number of alkyl halides is 1. The van der Waals surface area contributed by atoms with Crippen molar-refractivity contribution in [2.24, 2.45) is 0 Å². The van der Waals surface area contributed by atoms with Crippen LogP contribution in [0.15, 0.2) is 24.4 Å².